The highest BCUT2D eigenvalue weighted by Gasteiger charge is 2.29. The second-order valence-electron chi connectivity index (χ2n) is 5.53. The first-order valence-electron chi connectivity index (χ1n) is 6.99. The van der Waals surface area contributed by atoms with Gasteiger partial charge < -0.3 is 0 Å². The van der Waals surface area contributed by atoms with Crippen LogP contribution in [0.1, 0.15) is 40.6 Å². The third-order valence-electron chi connectivity index (χ3n) is 4.28. The predicted molar refractivity (Wildman–Crippen MR) is 78.7 cm³/mol. The highest BCUT2D eigenvalue weighted by Crippen LogP contribution is 2.40. The Kier molecular flexibility index (Phi) is 3.55. The minimum atomic E-state index is -0.150. The monoisotopic (exact) mass is 270 g/mol. The van der Waals surface area contributed by atoms with Gasteiger partial charge in [0.2, 0.25) is 0 Å². The Balaban J connectivity index is 1.81. The van der Waals surface area contributed by atoms with Gasteiger partial charge in [-0.05, 0) is 42.4 Å². The molecule has 3 N–H and O–H groups in total. The Morgan fingerprint density at radius 1 is 1.25 bits per heavy atom. The van der Waals surface area contributed by atoms with Crippen LogP contribution in [0.15, 0.2) is 42.5 Å². The highest BCUT2D eigenvalue weighted by molar-refractivity contribution is 5.40. The molecule has 0 saturated carbocycles. The Bertz CT molecular complexity index is 624. The lowest BCUT2D eigenvalue weighted by Crippen LogP contribution is -2.32. The van der Waals surface area contributed by atoms with Gasteiger partial charge in [-0.2, -0.15) is 0 Å². The van der Waals surface area contributed by atoms with Crippen LogP contribution in [-0.2, 0) is 6.42 Å². The Morgan fingerprint density at radius 3 is 2.80 bits per heavy atom. The van der Waals surface area contributed by atoms with Gasteiger partial charge in [0.1, 0.15) is 5.82 Å². The van der Waals surface area contributed by atoms with Crippen molar-refractivity contribution in [3.8, 4) is 0 Å². The largest absolute Gasteiger partial charge is 0.271 e. The molecule has 2 nitrogen and oxygen atoms in total. The summed E-state index contributed by atoms with van der Waals surface area (Å²) in [6.45, 7) is 1.78. The fourth-order valence-corrected chi connectivity index (χ4v) is 3.08. The second kappa shape index (κ2) is 5.35. The van der Waals surface area contributed by atoms with E-state index in [2.05, 4.69) is 29.7 Å². The lowest BCUT2D eigenvalue weighted by molar-refractivity contribution is 0.421. The number of halogens is 1. The highest BCUT2D eigenvalue weighted by atomic mass is 19.1. The molecule has 104 valence electrons. The van der Waals surface area contributed by atoms with Crippen molar-refractivity contribution in [2.75, 3.05) is 0 Å². The van der Waals surface area contributed by atoms with Gasteiger partial charge in [-0.1, -0.05) is 42.5 Å². The van der Waals surface area contributed by atoms with Gasteiger partial charge in [0.05, 0.1) is 0 Å². The van der Waals surface area contributed by atoms with Crippen molar-refractivity contribution >= 4 is 0 Å². The molecule has 1 aliphatic carbocycles. The van der Waals surface area contributed by atoms with Crippen LogP contribution < -0.4 is 11.3 Å². The summed E-state index contributed by atoms with van der Waals surface area (Å²) >= 11 is 0. The van der Waals surface area contributed by atoms with Crippen LogP contribution in [0, 0.1) is 12.7 Å². The lowest BCUT2D eigenvalue weighted by Gasteiger charge is -2.33. The van der Waals surface area contributed by atoms with Gasteiger partial charge >= 0.3 is 0 Å². The van der Waals surface area contributed by atoms with E-state index < -0.39 is 0 Å². The van der Waals surface area contributed by atoms with Crippen LogP contribution in [-0.4, -0.2) is 0 Å². The van der Waals surface area contributed by atoms with Crippen molar-refractivity contribution in [1.82, 2.24) is 5.43 Å². The summed E-state index contributed by atoms with van der Waals surface area (Å²) in [5, 5.41) is 0. The minimum Gasteiger partial charge on any atom is -0.271 e. The van der Waals surface area contributed by atoms with Crippen LogP contribution in [0.2, 0.25) is 0 Å². The molecular weight excluding hydrogens is 251 g/mol. The third kappa shape index (κ3) is 2.23. The Hall–Kier alpha value is -1.71. The number of hydrogen-bond donors (Lipinski definition) is 2. The van der Waals surface area contributed by atoms with Gasteiger partial charge in [-0.25, -0.2) is 4.39 Å². The SMILES string of the molecule is Cc1cccc(C(CC2Cc3ccccc32)NN)c1F. The molecule has 2 atom stereocenters. The average Bonchev–Trinajstić information content (AvgIpc) is 2.44. The second-order valence-corrected chi connectivity index (χ2v) is 5.53. The molecule has 0 bridgehead atoms. The first kappa shape index (κ1) is 13.3. The number of hydrogen-bond acceptors (Lipinski definition) is 2. The first-order valence-corrected chi connectivity index (χ1v) is 6.99. The van der Waals surface area contributed by atoms with E-state index in [0.717, 1.165) is 12.8 Å². The maximum Gasteiger partial charge on any atom is 0.130 e. The molecule has 0 heterocycles. The summed E-state index contributed by atoms with van der Waals surface area (Å²) in [5.74, 6) is 5.97. The molecule has 0 radical (unpaired) electrons. The number of nitrogens with two attached hydrogens (primary N) is 1. The predicted octanol–water partition coefficient (Wildman–Crippen LogP) is 3.37. The Labute approximate surface area is 118 Å². The van der Waals surface area contributed by atoms with Crippen molar-refractivity contribution in [2.45, 2.75) is 31.7 Å². The normalized spacial score (nSPS) is 18.2. The van der Waals surface area contributed by atoms with Gasteiger partial charge in [0.25, 0.3) is 0 Å². The van der Waals surface area contributed by atoms with Crippen LogP contribution in [0.3, 0.4) is 0 Å². The zero-order valence-corrected chi connectivity index (χ0v) is 11.6. The van der Waals surface area contributed by atoms with Crippen LogP contribution in [0.4, 0.5) is 4.39 Å². The number of hydrazine groups is 1. The first-order chi connectivity index (χ1) is 9.70. The van der Waals surface area contributed by atoms with E-state index in [1.54, 1.807) is 13.0 Å². The molecule has 2 aromatic rings. The van der Waals surface area contributed by atoms with Crippen LogP contribution in [0.5, 0.6) is 0 Å². The molecule has 0 amide bonds. The number of benzene rings is 2. The summed E-state index contributed by atoms with van der Waals surface area (Å²) in [4.78, 5) is 0. The zero-order chi connectivity index (χ0) is 14.1. The summed E-state index contributed by atoms with van der Waals surface area (Å²) in [6.07, 6.45) is 1.88. The minimum absolute atomic E-state index is 0.145. The van der Waals surface area contributed by atoms with E-state index in [9.17, 15) is 4.39 Å². The Morgan fingerprint density at radius 2 is 2.05 bits per heavy atom. The molecule has 0 aliphatic heterocycles. The smallest absolute Gasteiger partial charge is 0.130 e. The molecule has 0 aromatic heterocycles. The van der Waals surface area contributed by atoms with Crippen LogP contribution in [0.25, 0.3) is 0 Å². The fraction of sp³-hybridized carbons (Fsp3) is 0.294. The van der Waals surface area contributed by atoms with E-state index in [1.165, 1.54) is 11.1 Å². The number of fused-ring (bicyclic) bond motifs is 1. The molecule has 3 heteroatoms. The third-order valence-corrected chi connectivity index (χ3v) is 4.28. The van der Waals surface area contributed by atoms with E-state index in [0.29, 0.717) is 17.0 Å². The van der Waals surface area contributed by atoms with Gasteiger partial charge in [0.15, 0.2) is 0 Å². The summed E-state index contributed by atoms with van der Waals surface area (Å²) < 4.78 is 14.2. The fourth-order valence-electron chi connectivity index (χ4n) is 3.08. The molecule has 0 fully saturated rings. The standard InChI is InChI=1S/C17H19FN2/c1-11-5-4-8-15(17(11)18)16(20-19)10-13-9-12-6-2-3-7-14(12)13/h2-8,13,16,20H,9-10,19H2,1H3. The quantitative estimate of drug-likeness (QED) is 0.660. The molecule has 2 aromatic carbocycles. The van der Waals surface area contributed by atoms with Crippen molar-refractivity contribution < 1.29 is 4.39 Å². The van der Waals surface area contributed by atoms with E-state index in [1.807, 2.05) is 12.1 Å². The van der Waals surface area contributed by atoms with Crippen molar-refractivity contribution in [3.05, 3.63) is 70.5 Å². The van der Waals surface area contributed by atoms with E-state index in [-0.39, 0.29) is 11.9 Å². The van der Waals surface area contributed by atoms with E-state index >= 15 is 0 Å². The van der Waals surface area contributed by atoms with Gasteiger partial charge in [-0.15, -0.1) is 0 Å². The lowest BCUT2D eigenvalue weighted by atomic mass is 9.74. The van der Waals surface area contributed by atoms with Crippen molar-refractivity contribution in [3.63, 3.8) is 0 Å². The number of aryl methyl sites for hydroxylation is 1. The molecular formula is C17H19FN2. The number of rotatable bonds is 4. The summed E-state index contributed by atoms with van der Waals surface area (Å²) in [6, 6.07) is 13.8. The van der Waals surface area contributed by atoms with Crippen molar-refractivity contribution in [2.24, 2.45) is 5.84 Å². The summed E-state index contributed by atoms with van der Waals surface area (Å²) in [7, 11) is 0. The maximum atomic E-state index is 14.2. The molecule has 20 heavy (non-hydrogen) atoms. The molecule has 1 aliphatic rings. The summed E-state index contributed by atoms with van der Waals surface area (Å²) in [5.41, 5.74) is 6.88. The van der Waals surface area contributed by atoms with Crippen LogP contribution >= 0.6 is 0 Å². The average molecular weight is 270 g/mol. The molecule has 0 spiro atoms. The zero-order valence-electron chi connectivity index (χ0n) is 11.6. The van der Waals surface area contributed by atoms with E-state index in [4.69, 9.17) is 5.84 Å². The molecule has 3 rings (SSSR count). The molecule has 0 saturated heterocycles. The van der Waals surface area contributed by atoms with Gasteiger partial charge in [-0.3, -0.25) is 11.3 Å². The van der Waals surface area contributed by atoms with Crippen molar-refractivity contribution in [1.29, 1.82) is 0 Å². The topological polar surface area (TPSA) is 38.0 Å². The van der Waals surface area contributed by atoms with Gasteiger partial charge in [0, 0.05) is 11.6 Å². The molecule has 2 unspecified atom stereocenters. The number of nitrogens with one attached hydrogen (secondary N) is 1. The maximum absolute atomic E-state index is 14.2.